The van der Waals surface area contributed by atoms with Crippen molar-refractivity contribution in [3.63, 3.8) is 0 Å². The maximum Gasteiger partial charge on any atom is 0.230 e. The predicted octanol–water partition coefficient (Wildman–Crippen LogP) is 3.18. The van der Waals surface area contributed by atoms with Gasteiger partial charge in [-0.25, -0.2) is 8.78 Å². The fourth-order valence-electron chi connectivity index (χ4n) is 1.91. The number of carbonyl (C=O) groups is 1. The zero-order chi connectivity index (χ0) is 17.4. The lowest BCUT2D eigenvalue weighted by Gasteiger charge is -2.15. The van der Waals surface area contributed by atoms with Crippen molar-refractivity contribution in [2.24, 2.45) is 0 Å². The number of rotatable bonds is 8. The van der Waals surface area contributed by atoms with Gasteiger partial charge in [0.15, 0.2) is 11.6 Å². The van der Waals surface area contributed by atoms with Crippen molar-refractivity contribution in [1.82, 2.24) is 10.3 Å². The van der Waals surface area contributed by atoms with Gasteiger partial charge in [0.1, 0.15) is 12.4 Å². The highest BCUT2D eigenvalue weighted by Crippen LogP contribution is 2.17. The number of ether oxygens (including phenoxy) is 1. The predicted molar refractivity (Wildman–Crippen MR) is 89.9 cm³/mol. The summed E-state index contributed by atoms with van der Waals surface area (Å²) < 4.78 is 31.5. The van der Waals surface area contributed by atoms with Gasteiger partial charge in [0, 0.05) is 24.2 Å². The van der Waals surface area contributed by atoms with Gasteiger partial charge in [-0.15, -0.1) is 11.8 Å². The van der Waals surface area contributed by atoms with Crippen molar-refractivity contribution in [3.8, 4) is 5.75 Å². The molecule has 0 radical (unpaired) electrons. The van der Waals surface area contributed by atoms with Crippen LogP contribution in [0.1, 0.15) is 12.5 Å². The minimum Gasteiger partial charge on any atom is -0.488 e. The molecule has 0 spiro atoms. The number of hydrogen-bond donors (Lipinski definition) is 1. The highest BCUT2D eigenvalue weighted by Gasteiger charge is 2.10. The van der Waals surface area contributed by atoms with E-state index in [0.717, 1.165) is 17.7 Å². The topological polar surface area (TPSA) is 51.2 Å². The Morgan fingerprint density at radius 1 is 1.38 bits per heavy atom. The minimum atomic E-state index is -0.763. The van der Waals surface area contributed by atoms with Gasteiger partial charge >= 0.3 is 0 Å². The number of thioether (sulfide) groups is 1. The number of carbonyl (C=O) groups excluding carboxylic acids is 1. The van der Waals surface area contributed by atoms with Gasteiger partial charge in [0.05, 0.1) is 11.8 Å². The molecule has 1 amide bonds. The van der Waals surface area contributed by atoms with E-state index >= 15 is 0 Å². The molecule has 0 aliphatic heterocycles. The van der Waals surface area contributed by atoms with E-state index in [9.17, 15) is 13.6 Å². The smallest absolute Gasteiger partial charge is 0.230 e. The molecular formula is C17H18F2N2O2S. The molecule has 1 atom stereocenters. The van der Waals surface area contributed by atoms with E-state index in [1.807, 2.05) is 12.1 Å². The first-order chi connectivity index (χ1) is 11.5. The Morgan fingerprint density at radius 2 is 2.21 bits per heavy atom. The third-order valence-electron chi connectivity index (χ3n) is 3.01. The third kappa shape index (κ3) is 6.16. The van der Waals surface area contributed by atoms with Gasteiger partial charge in [0.25, 0.3) is 0 Å². The van der Waals surface area contributed by atoms with E-state index in [0.29, 0.717) is 11.5 Å². The van der Waals surface area contributed by atoms with Crippen LogP contribution in [-0.2, 0) is 10.5 Å². The Bertz CT molecular complexity index is 671. The molecule has 1 aromatic carbocycles. The fraction of sp³-hybridized carbons (Fsp3) is 0.294. The largest absolute Gasteiger partial charge is 0.488 e. The maximum absolute atomic E-state index is 13.4. The van der Waals surface area contributed by atoms with Crippen molar-refractivity contribution < 1.29 is 18.3 Å². The molecule has 2 aromatic rings. The number of aromatic nitrogens is 1. The third-order valence-corrected chi connectivity index (χ3v) is 4.02. The summed E-state index contributed by atoms with van der Waals surface area (Å²) in [6.07, 6.45) is 3.46. The minimum absolute atomic E-state index is 0.0385. The molecule has 2 rings (SSSR count). The summed E-state index contributed by atoms with van der Waals surface area (Å²) in [4.78, 5) is 15.9. The summed E-state index contributed by atoms with van der Waals surface area (Å²) in [6.45, 7) is 1.85. The molecule has 0 fully saturated rings. The number of pyridine rings is 1. The van der Waals surface area contributed by atoms with Crippen LogP contribution >= 0.6 is 11.8 Å². The van der Waals surface area contributed by atoms with E-state index in [2.05, 4.69) is 10.3 Å². The van der Waals surface area contributed by atoms with Crippen LogP contribution in [0.3, 0.4) is 0 Å². The van der Waals surface area contributed by atoms with Crippen molar-refractivity contribution in [2.45, 2.75) is 18.7 Å². The molecule has 1 unspecified atom stereocenters. The van der Waals surface area contributed by atoms with Crippen LogP contribution in [0.4, 0.5) is 8.78 Å². The average Bonchev–Trinajstić information content (AvgIpc) is 2.55. The van der Waals surface area contributed by atoms with Gasteiger partial charge in [-0.3, -0.25) is 9.78 Å². The highest BCUT2D eigenvalue weighted by molar-refractivity contribution is 7.99. The van der Waals surface area contributed by atoms with Crippen LogP contribution in [0.15, 0.2) is 42.7 Å². The average molecular weight is 352 g/mol. The number of nitrogens with zero attached hydrogens (tertiary/aromatic N) is 1. The Labute approximate surface area is 143 Å². The summed E-state index contributed by atoms with van der Waals surface area (Å²) in [6, 6.07) is 6.61. The Morgan fingerprint density at radius 3 is 2.92 bits per heavy atom. The lowest BCUT2D eigenvalue weighted by molar-refractivity contribution is -0.119. The molecule has 1 aromatic heterocycles. The van der Waals surface area contributed by atoms with Gasteiger partial charge < -0.3 is 10.1 Å². The molecule has 24 heavy (non-hydrogen) atoms. The summed E-state index contributed by atoms with van der Waals surface area (Å²) >= 11 is 1.48. The van der Waals surface area contributed by atoms with E-state index < -0.39 is 11.6 Å². The first-order valence-electron chi connectivity index (χ1n) is 7.38. The van der Waals surface area contributed by atoms with Crippen molar-refractivity contribution in [3.05, 3.63) is 59.9 Å². The summed E-state index contributed by atoms with van der Waals surface area (Å²) in [5.41, 5.74) is 1.05. The second kappa shape index (κ2) is 9.22. The Balaban J connectivity index is 1.67. The molecule has 7 heteroatoms. The first kappa shape index (κ1) is 18.2. The van der Waals surface area contributed by atoms with E-state index in [1.54, 1.807) is 19.3 Å². The second-order valence-corrected chi connectivity index (χ2v) is 6.19. The highest BCUT2D eigenvalue weighted by atomic mass is 32.2. The van der Waals surface area contributed by atoms with E-state index in [-0.39, 0.29) is 24.3 Å². The molecule has 0 saturated carbocycles. The van der Waals surface area contributed by atoms with Crippen LogP contribution in [-0.4, -0.2) is 29.3 Å². The molecule has 128 valence electrons. The monoisotopic (exact) mass is 352 g/mol. The Hall–Kier alpha value is -2.15. The number of hydrogen-bond acceptors (Lipinski definition) is 4. The summed E-state index contributed by atoms with van der Waals surface area (Å²) in [5.74, 6) is -0.577. The number of benzene rings is 1. The maximum atomic E-state index is 13.4. The molecular weight excluding hydrogens is 334 g/mol. The molecule has 0 aliphatic rings. The van der Waals surface area contributed by atoms with Crippen LogP contribution in [0.2, 0.25) is 0 Å². The number of nitrogens with one attached hydrogen (secondary N) is 1. The lowest BCUT2D eigenvalue weighted by Crippen LogP contribution is -2.37. The standard InChI is InChI=1S/C17H18F2N2O2S/c1-12(9-23-16-5-4-14(18)7-15(16)19)21-17(22)11-24-10-13-3-2-6-20-8-13/h2-8,12H,9-11H2,1H3,(H,21,22). The van der Waals surface area contributed by atoms with Crippen LogP contribution in [0.25, 0.3) is 0 Å². The Kier molecular flexibility index (Phi) is 6.99. The zero-order valence-corrected chi connectivity index (χ0v) is 14.0. The van der Waals surface area contributed by atoms with Crippen LogP contribution in [0, 0.1) is 11.6 Å². The SMILES string of the molecule is CC(COc1ccc(F)cc1F)NC(=O)CSCc1cccnc1. The quantitative estimate of drug-likeness (QED) is 0.793. The van der Waals surface area contributed by atoms with E-state index in [4.69, 9.17) is 4.74 Å². The van der Waals surface area contributed by atoms with Crippen molar-refractivity contribution in [1.29, 1.82) is 0 Å². The number of amides is 1. The molecule has 0 saturated heterocycles. The van der Waals surface area contributed by atoms with Gasteiger partial charge in [-0.2, -0.15) is 0 Å². The molecule has 1 N–H and O–H groups in total. The fourth-order valence-corrected chi connectivity index (χ4v) is 2.69. The van der Waals surface area contributed by atoms with Crippen molar-refractivity contribution in [2.75, 3.05) is 12.4 Å². The van der Waals surface area contributed by atoms with Crippen molar-refractivity contribution >= 4 is 17.7 Å². The van der Waals surface area contributed by atoms with Gasteiger partial charge in [-0.1, -0.05) is 6.07 Å². The molecule has 4 nitrogen and oxygen atoms in total. The van der Waals surface area contributed by atoms with Crippen LogP contribution in [0.5, 0.6) is 5.75 Å². The van der Waals surface area contributed by atoms with Gasteiger partial charge in [-0.05, 0) is 30.7 Å². The normalized spacial score (nSPS) is 11.8. The summed E-state index contributed by atoms with van der Waals surface area (Å²) in [5, 5.41) is 2.77. The first-order valence-corrected chi connectivity index (χ1v) is 8.54. The molecule has 0 bridgehead atoms. The molecule has 1 heterocycles. The second-order valence-electron chi connectivity index (χ2n) is 5.21. The molecule has 0 aliphatic carbocycles. The van der Waals surface area contributed by atoms with Gasteiger partial charge in [0.2, 0.25) is 5.91 Å². The summed E-state index contributed by atoms with van der Waals surface area (Å²) in [7, 11) is 0. The lowest BCUT2D eigenvalue weighted by atomic mass is 10.3. The van der Waals surface area contributed by atoms with E-state index in [1.165, 1.54) is 17.8 Å². The number of halogens is 2. The zero-order valence-electron chi connectivity index (χ0n) is 13.2. The van der Waals surface area contributed by atoms with Crippen LogP contribution < -0.4 is 10.1 Å².